The third-order valence-electron chi connectivity index (χ3n) is 4.05. The molecule has 2 fully saturated rings. The molecule has 0 aromatic rings. The van der Waals surface area contributed by atoms with Crippen LogP contribution in [0, 0.1) is 0 Å². The van der Waals surface area contributed by atoms with Crippen LogP contribution in [0.3, 0.4) is 0 Å². The lowest BCUT2D eigenvalue weighted by Crippen LogP contribution is -2.48. The molecule has 1 saturated carbocycles. The summed E-state index contributed by atoms with van der Waals surface area (Å²) in [5.41, 5.74) is 0. The average Bonchev–Trinajstić information content (AvgIpc) is 2.40. The number of methoxy groups -OCH3 is 1. The predicted molar refractivity (Wildman–Crippen MR) is 68.3 cm³/mol. The van der Waals surface area contributed by atoms with Crippen LogP contribution in [0.4, 0.5) is 0 Å². The zero-order valence-electron chi connectivity index (χ0n) is 11.2. The van der Waals surface area contributed by atoms with E-state index >= 15 is 0 Å². The summed E-state index contributed by atoms with van der Waals surface area (Å²) in [6, 6.07) is 0.666. The normalized spacial score (nSPS) is 35.1. The summed E-state index contributed by atoms with van der Waals surface area (Å²) < 4.78 is 11.2. The smallest absolute Gasteiger partial charge is 0.0826 e. The Hall–Kier alpha value is -0.160. The molecule has 1 N–H and O–H groups in total. The lowest BCUT2D eigenvalue weighted by molar-refractivity contribution is -0.0139. The van der Waals surface area contributed by atoms with Crippen LogP contribution in [0.25, 0.3) is 0 Å². The molecule has 0 aromatic carbocycles. The van der Waals surface area contributed by atoms with Gasteiger partial charge in [-0.2, -0.15) is 0 Å². The maximum atomic E-state index is 5.76. The molecule has 1 aliphatic heterocycles. The van der Waals surface area contributed by atoms with Gasteiger partial charge in [0.05, 0.1) is 18.8 Å². The van der Waals surface area contributed by atoms with Crippen molar-refractivity contribution < 1.29 is 9.47 Å². The number of ether oxygens (including phenoxy) is 2. The molecule has 0 amide bonds. The summed E-state index contributed by atoms with van der Waals surface area (Å²) in [4.78, 5) is 2.46. The van der Waals surface area contributed by atoms with Crippen molar-refractivity contribution in [2.75, 3.05) is 40.4 Å². The van der Waals surface area contributed by atoms with Gasteiger partial charge in [0.25, 0.3) is 0 Å². The summed E-state index contributed by atoms with van der Waals surface area (Å²) >= 11 is 0. The van der Waals surface area contributed by atoms with Gasteiger partial charge in [-0.25, -0.2) is 0 Å². The van der Waals surface area contributed by atoms with E-state index < -0.39 is 0 Å². The Morgan fingerprint density at radius 3 is 3.00 bits per heavy atom. The fourth-order valence-electron chi connectivity index (χ4n) is 2.94. The molecule has 100 valence electrons. The third-order valence-corrected chi connectivity index (χ3v) is 4.05. The Morgan fingerprint density at radius 2 is 2.29 bits per heavy atom. The Labute approximate surface area is 105 Å². The Kier molecular flexibility index (Phi) is 5.22. The third kappa shape index (κ3) is 3.91. The van der Waals surface area contributed by atoms with E-state index in [0.717, 1.165) is 26.2 Å². The fourth-order valence-corrected chi connectivity index (χ4v) is 2.94. The molecule has 0 aromatic heterocycles. The number of nitrogens with zero attached hydrogens (tertiary/aromatic N) is 1. The van der Waals surface area contributed by atoms with Gasteiger partial charge in [0.1, 0.15) is 0 Å². The zero-order valence-corrected chi connectivity index (χ0v) is 11.2. The van der Waals surface area contributed by atoms with E-state index in [4.69, 9.17) is 9.47 Å². The standard InChI is InChI=1S/C13H26N2O2/c1-15(10-13-9-14-6-7-17-13)11-4-3-5-12(8-11)16-2/h11-14H,3-10H2,1-2H3. The van der Waals surface area contributed by atoms with Gasteiger partial charge in [-0.15, -0.1) is 0 Å². The monoisotopic (exact) mass is 242 g/mol. The summed E-state index contributed by atoms with van der Waals surface area (Å²) in [6.07, 6.45) is 5.81. The highest BCUT2D eigenvalue weighted by molar-refractivity contribution is 4.81. The first-order chi connectivity index (χ1) is 8.29. The highest BCUT2D eigenvalue weighted by atomic mass is 16.5. The van der Waals surface area contributed by atoms with Gasteiger partial charge in [0.2, 0.25) is 0 Å². The second kappa shape index (κ2) is 6.69. The van der Waals surface area contributed by atoms with Gasteiger partial charge >= 0.3 is 0 Å². The minimum Gasteiger partial charge on any atom is -0.381 e. The summed E-state index contributed by atoms with van der Waals surface area (Å²) in [5, 5.41) is 3.39. The fraction of sp³-hybridized carbons (Fsp3) is 1.00. The molecular formula is C13H26N2O2. The van der Waals surface area contributed by atoms with E-state index in [1.807, 2.05) is 7.11 Å². The van der Waals surface area contributed by atoms with Gasteiger partial charge in [0.15, 0.2) is 0 Å². The first-order valence-electron chi connectivity index (χ1n) is 6.85. The molecule has 0 bridgehead atoms. The molecular weight excluding hydrogens is 216 g/mol. The number of hydrogen-bond donors (Lipinski definition) is 1. The molecule has 4 nitrogen and oxygen atoms in total. The summed E-state index contributed by atoms with van der Waals surface area (Å²) in [5.74, 6) is 0. The average molecular weight is 242 g/mol. The van der Waals surface area contributed by atoms with E-state index in [9.17, 15) is 0 Å². The largest absolute Gasteiger partial charge is 0.381 e. The molecule has 1 heterocycles. The van der Waals surface area contributed by atoms with Crippen LogP contribution in [0.5, 0.6) is 0 Å². The highest BCUT2D eigenvalue weighted by Gasteiger charge is 2.26. The molecule has 2 aliphatic rings. The van der Waals surface area contributed by atoms with Crippen LogP contribution in [0.2, 0.25) is 0 Å². The van der Waals surface area contributed by atoms with Crippen molar-refractivity contribution in [1.82, 2.24) is 10.2 Å². The lowest BCUT2D eigenvalue weighted by atomic mass is 9.92. The lowest BCUT2D eigenvalue weighted by Gasteiger charge is -2.37. The molecule has 3 atom stereocenters. The van der Waals surface area contributed by atoms with Crippen molar-refractivity contribution in [3.05, 3.63) is 0 Å². The molecule has 3 unspecified atom stereocenters. The Morgan fingerprint density at radius 1 is 1.41 bits per heavy atom. The van der Waals surface area contributed by atoms with E-state index in [1.54, 1.807) is 0 Å². The van der Waals surface area contributed by atoms with Crippen LogP contribution in [-0.4, -0.2) is 63.5 Å². The van der Waals surface area contributed by atoms with Crippen molar-refractivity contribution in [1.29, 1.82) is 0 Å². The van der Waals surface area contributed by atoms with E-state index in [1.165, 1.54) is 25.7 Å². The SMILES string of the molecule is COC1CCCC(N(C)CC2CNCCO2)C1. The van der Waals surface area contributed by atoms with Crippen LogP contribution in [-0.2, 0) is 9.47 Å². The minimum atomic E-state index is 0.358. The number of rotatable bonds is 4. The number of likely N-dealkylation sites (N-methyl/N-ethyl adjacent to an activating group) is 1. The summed E-state index contributed by atoms with van der Waals surface area (Å²) in [6.45, 7) is 3.87. The second-order valence-corrected chi connectivity index (χ2v) is 5.31. The zero-order chi connectivity index (χ0) is 12.1. The van der Waals surface area contributed by atoms with Crippen molar-refractivity contribution in [3.63, 3.8) is 0 Å². The molecule has 0 radical (unpaired) electrons. The topological polar surface area (TPSA) is 33.7 Å². The Bertz CT molecular complexity index is 219. The van der Waals surface area contributed by atoms with Crippen LogP contribution in [0.1, 0.15) is 25.7 Å². The maximum absolute atomic E-state index is 5.76. The first kappa shape index (κ1) is 13.3. The van der Waals surface area contributed by atoms with Crippen molar-refractivity contribution in [2.45, 2.75) is 43.9 Å². The molecule has 1 aliphatic carbocycles. The quantitative estimate of drug-likeness (QED) is 0.793. The molecule has 0 spiro atoms. The highest BCUT2D eigenvalue weighted by Crippen LogP contribution is 2.24. The van der Waals surface area contributed by atoms with Gasteiger partial charge in [0, 0.05) is 32.8 Å². The van der Waals surface area contributed by atoms with Gasteiger partial charge in [-0.3, -0.25) is 0 Å². The predicted octanol–water partition coefficient (Wildman–Crippen LogP) is 0.864. The second-order valence-electron chi connectivity index (χ2n) is 5.31. The first-order valence-corrected chi connectivity index (χ1v) is 6.85. The van der Waals surface area contributed by atoms with Crippen molar-refractivity contribution in [2.24, 2.45) is 0 Å². The number of morpholine rings is 1. The maximum Gasteiger partial charge on any atom is 0.0826 e. The van der Waals surface area contributed by atoms with Crippen LogP contribution >= 0.6 is 0 Å². The molecule has 1 saturated heterocycles. The number of hydrogen-bond acceptors (Lipinski definition) is 4. The van der Waals surface area contributed by atoms with E-state index in [0.29, 0.717) is 18.2 Å². The van der Waals surface area contributed by atoms with Crippen LogP contribution < -0.4 is 5.32 Å². The van der Waals surface area contributed by atoms with Gasteiger partial charge in [-0.1, -0.05) is 0 Å². The van der Waals surface area contributed by atoms with Crippen LogP contribution in [0.15, 0.2) is 0 Å². The van der Waals surface area contributed by atoms with Crippen molar-refractivity contribution >= 4 is 0 Å². The molecule has 4 heteroatoms. The van der Waals surface area contributed by atoms with E-state index in [-0.39, 0.29) is 0 Å². The summed E-state index contributed by atoms with van der Waals surface area (Å²) in [7, 11) is 4.06. The van der Waals surface area contributed by atoms with Gasteiger partial charge in [-0.05, 0) is 32.7 Å². The molecule has 17 heavy (non-hydrogen) atoms. The number of nitrogens with one attached hydrogen (secondary N) is 1. The van der Waals surface area contributed by atoms with Gasteiger partial charge < -0.3 is 19.7 Å². The molecule has 2 rings (SSSR count). The minimum absolute atomic E-state index is 0.358. The van der Waals surface area contributed by atoms with E-state index in [2.05, 4.69) is 17.3 Å². The van der Waals surface area contributed by atoms with Crippen molar-refractivity contribution in [3.8, 4) is 0 Å². The Balaban J connectivity index is 1.75.